The van der Waals surface area contributed by atoms with Crippen LogP contribution in [0.2, 0.25) is 0 Å². The van der Waals surface area contributed by atoms with Gasteiger partial charge in [0.05, 0.1) is 18.6 Å². The monoisotopic (exact) mass is 414 g/mol. The summed E-state index contributed by atoms with van der Waals surface area (Å²) in [4.78, 5) is 22.9. The van der Waals surface area contributed by atoms with E-state index < -0.39 is 4.92 Å². The van der Waals surface area contributed by atoms with Crippen molar-refractivity contribution in [1.82, 2.24) is 15.1 Å². The van der Waals surface area contributed by atoms with Crippen LogP contribution in [0.1, 0.15) is 27.7 Å². The zero-order valence-corrected chi connectivity index (χ0v) is 16.9. The second-order valence-electron chi connectivity index (χ2n) is 6.49. The number of furan rings is 1. The fourth-order valence-corrected chi connectivity index (χ4v) is 2.94. The third-order valence-corrected chi connectivity index (χ3v) is 4.46. The number of methoxy groups -OCH3 is 1. The number of nitrogens with zero attached hydrogens (tertiary/aromatic N) is 3. The van der Waals surface area contributed by atoms with Gasteiger partial charge in [-0.25, -0.2) is 0 Å². The average molecular weight is 414 g/mol. The Morgan fingerprint density at radius 3 is 2.53 bits per heavy atom. The largest absolute Gasteiger partial charge is 0.497 e. The maximum absolute atomic E-state index is 12.3. The van der Waals surface area contributed by atoms with Gasteiger partial charge in [0.25, 0.3) is 5.91 Å². The van der Waals surface area contributed by atoms with Gasteiger partial charge < -0.3 is 19.2 Å². The normalized spacial score (nSPS) is 10.6. The third kappa shape index (κ3) is 4.77. The first-order valence-corrected chi connectivity index (χ1v) is 9.21. The molecule has 3 rings (SSSR count). The number of aryl methyl sites for hydroxylation is 1. The summed E-state index contributed by atoms with van der Waals surface area (Å²) in [5, 5.41) is 17.9. The number of hydrogen-bond donors (Lipinski definition) is 1. The molecule has 158 valence electrons. The molecule has 0 bridgehead atoms. The van der Waals surface area contributed by atoms with E-state index in [2.05, 4.69) is 10.4 Å². The van der Waals surface area contributed by atoms with Crippen LogP contribution in [0.5, 0.6) is 11.5 Å². The van der Waals surface area contributed by atoms with E-state index >= 15 is 0 Å². The van der Waals surface area contributed by atoms with Crippen LogP contribution in [0.25, 0.3) is 0 Å². The van der Waals surface area contributed by atoms with Crippen LogP contribution in [0.3, 0.4) is 0 Å². The van der Waals surface area contributed by atoms with Gasteiger partial charge in [-0.2, -0.15) is 5.10 Å². The molecule has 0 saturated heterocycles. The summed E-state index contributed by atoms with van der Waals surface area (Å²) in [5.74, 6) is 1.65. The lowest BCUT2D eigenvalue weighted by Gasteiger charge is -2.06. The summed E-state index contributed by atoms with van der Waals surface area (Å²) in [7, 11) is 1.59. The highest BCUT2D eigenvalue weighted by molar-refractivity contribution is 5.91. The number of rotatable bonds is 9. The van der Waals surface area contributed by atoms with Crippen molar-refractivity contribution >= 4 is 11.6 Å². The molecule has 0 aliphatic heterocycles. The maximum atomic E-state index is 12.3. The number of nitro groups is 1. The number of amides is 1. The average Bonchev–Trinajstić information content (AvgIpc) is 3.31. The summed E-state index contributed by atoms with van der Waals surface area (Å²) in [6, 6.07) is 10.4. The standard InChI is InChI=1S/C20H22N4O6/c1-13-19(24(26)27)14(2)23(22-13)11-10-21-20(25)18-9-8-17(30-18)12-29-16-6-4-15(28-3)5-7-16/h4-9H,10-12H2,1-3H3,(H,21,25). The van der Waals surface area contributed by atoms with Crippen molar-refractivity contribution in [3.8, 4) is 11.5 Å². The van der Waals surface area contributed by atoms with Gasteiger partial charge in [0, 0.05) is 6.54 Å². The van der Waals surface area contributed by atoms with E-state index in [1.54, 1.807) is 57.4 Å². The number of ether oxygens (including phenoxy) is 2. The number of carbonyl (C=O) groups is 1. The Hall–Kier alpha value is -3.82. The minimum atomic E-state index is -0.453. The summed E-state index contributed by atoms with van der Waals surface area (Å²) in [6.45, 7) is 3.94. The molecule has 3 aromatic rings. The Labute approximate surface area is 172 Å². The quantitative estimate of drug-likeness (QED) is 0.422. The molecule has 0 fully saturated rings. The second-order valence-corrected chi connectivity index (χ2v) is 6.49. The number of aromatic nitrogens is 2. The minimum absolute atomic E-state index is 0.00568. The van der Waals surface area contributed by atoms with Crippen LogP contribution in [0.4, 0.5) is 5.69 Å². The number of carbonyl (C=O) groups excluding carboxylic acids is 1. The summed E-state index contributed by atoms with van der Waals surface area (Å²) >= 11 is 0. The lowest BCUT2D eigenvalue weighted by molar-refractivity contribution is -0.386. The Balaban J connectivity index is 1.50. The molecule has 10 heteroatoms. The summed E-state index contributed by atoms with van der Waals surface area (Å²) in [5.41, 5.74) is 0.785. The topological polar surface area (TPSA) is 122 Å². The van der Waals surface area contributed by atoms with Crippen molar-refractivity contribution < 1.29 is 23.6 Å². The molecular weight excluding hydrogens is 392 g/mol. The highest BCUT2D eigenvalue weighted by Crippen LogP contribution is 2.21. The predicted octanol–water partition coefficient (Wildman–Crippen LogP) is 3.02. The second kappa shape index (κ2) is 9.12. The Kier molecular flexibility index (Phi) is 6.35. The van der Waals surface area contributed by atoms with E-state index in [0.29, 0.717) is 29.4 Å². The minimum Gasteiger partial charge on any atom is -0.497 e. The van der Waals surface area contributed by atoms with Gasteiger partial charge in [-0.3, -0.25) is 19.6 Å². The molecule has 1 aromatic carbocycles. The first-order valence-electron chi connectivity index (χ1n) is 9.21. The number of hydrogen-bond acceptors (Lipinski definition) is 7. The van der Waals surface area contributed by atoms with Crippen LogP contribution in [-0.2, 0) is 13.2 Å². The Bertz CT molecular complexity index is 1040. The van der Waals surface area contributed by atoms with E-state index in [1.165, 1.54) is 4.68 Å². The van der Waals surface area contributed by atoms with Gasteiger partial charge in [-0.1, -0.05) is 0 Å². The zero-order valence-electron chi connectivity index (χ0n) is 16.9. The molecule has 0 atom stereocenters. The summed E-state index contributed by atoms with van der Waals surface area (Å²) in [6.07, 6.45) is 0. The maximum Gasteiger partial charge on any atom is 0.312 e. The first-order chi connectivity index (χ1) is 14.4. The van der Waals surface area contributed by atoms with E-state index in [4.69, 9.17) is 13.9 Å². The molecule has 2 heterocycles. The van der Waals surface area contributed by atoms with Gasteiger partial charge in [0.15, 0.2) is 5.76 Å². The molecule has 10 nitrogen and oxygen atoms in total. The molecule has 0 saturated carbocycles. The van der Waals surface area contributed by atoms with Crippen LogP contribution < -0.4 is 14.8 Å². The molecule has 0 aliphatic carbocycles. The zero-order chi connectivity index (χ0) is 21.7. The fourth-order valence-electron chi connectivity index (χ4n) is 2.94. The van der Waals surface area contributed by atoms with Crippen LogP contribution in [0, 0.1) is 24.0 Å². The molecular formula is C20H22N4O6. The van der Waals surface area contributed by atoms with E-state index in [0.717, 1.165) is 5.75 Å². The van der Waals surface area contributed by atoms with Gasteiger partial charge >= 0.3 is 5.69 Å². The first kappa shape index (κ1) is 20.9. The molecule has 0 aliphatic rings. The highest BCUT2D eigenvalue weighted by Gasteiger charge is 2.21. The smallest absolute Gasteiger partial charge is 0.312 e. The van der Waals surface area contributed by atoms with Gasteiger partial charge in [0.1, 0.15) is 35.3 Å². The van der Waals surface area contributed by atoms with E-state index in [-0.39, 0.29) is 30.5 Å². The van der Waals surface area contributed by atoms with Crippen LogP contribution >= 0.6 is 0 Å². The lowest BCUT2D eigenvalue weighted by atomic mass is 10.3. The Morgan fingerprint density at radius 2 is 1.90 bits per heavy atom. The number of nitrogens with one attached hydrogen (secondary N) is 1. The van der Waals surface area contributed by atoms with Crippen LogP contribution in [-0.4, -0.2) is 34.3 Å². The molecule has 1 N–H and O–H groups in total. The molecule has 1 amide bonds. The van der Waals surface area contributed by atoms with Crippen molar-refractivity contribution in [3.63, 3.8) is 0 Å². The van der Waals surface area contributed by atoms with Gasteiger partial charge in [-0.15, -0.1) is 0 Å². The molecule has 0 unspecified atom stereocenters. The SMILES string of the molecule is COc1ccc(OCc2ccc(C(=O)NCCn3nc(C)c([N+](=O)[O-])c3C)o2)cc1. The van der Waals surface area contributed by atoms with Crippen molar-refractivity contribution in [2.75, 3.05) is 13.7 Å². The predicted molar refractivity (Wildman–Crippen MR) is 107 cm³/mol. The molecule has 0 radical (unpaired) electrons. The fraction of sp³-hybridized carbons (Fsp3) is 0.300. The number of benzene rings is 1. The van der Waals surface area contributed by atoms with E-state index in [1.807, 2.05) is 0 Å². The Morgan fingerprint density at radius 1 is 1.20 bits per heavy atom. The highest BCUT2D eigenvalue weighted by atomic mass is 16.6. The molecule has 30 heavy (non-hydrogen) atoms. The van der Waals surface area contributed by atoms with Gasteiger partial charge in [-0.05, 0) is 50.2 Å². The van der Waals surface area contributed by atoms with Crippen molar-refractivity contribution in [1.29, 1.82) is 0 Å². The van der Waals surface area contributed by atoms with Crippen molar-refractivity contribution in [3.05, 3.63) is 69.4 Å². The molecule has 2 aromatic heterocycles. The van der Waals surface area contributed by atoms with Crippen LogP contribution in [0.15, 0.2) is 40.8 Å². The van der Waals surface area contributed by atoms with Crippen molar-refractivity contribution in [2.24, 2.45) is 0 Å². The summed E-state index contributed by atoms with van der Waals surface area (Å²) < 4.78 is 17.7. The third-order valence-electron chi connectivity index (χ3n) is 4.46. The van der Waals surface area contributed by atoms with E-state index in [9.17, 15) is 14.9 Å². The lowest BCUT2D eigenvalue weighted by Crippen LogP contribution is -2.27. The molecule has 0 spiro atoms. The van der Waals surface area contributed by atoms with Crippen molar-refractivity contribution in [2.45, 2.75) is 27.0 Å². The van der Waals surface area contributed by atoms with Gasteiger partial charge in [0.2, 0.25) is 0 Å².